The first-order chi connectivity index (χ1) is 8.93. The van der Waals surface area contributed by atoms with Crippen molar-refractivity contribution in [3.05, 3.63) is 39.4 Å². The normalized spacial score (nSPS) is 10.5. The first-order valence-electron chi connectivity index (χ1n) is 5.18. The van der Waals surface area contributed by atoms with Crippen LogP contribution in [0.2, 0.25) is 15.1 Å². The molecule has 1 rings (SSSR count). The van der Waals surface area contributed by atoms with Gasteiger partial charge in [-0.1, -0.05) is 40.9 Å². The number of allylic oxidation sites excluding steroid dienone is 1. The van der Waals surface area contributed by atoms with Gasteiger partial charge in [-0.25, -0.2) is 4.79 Å². The molecule has 0 radical (unpaired) electrons. The Labute approximate surface area is 125 Å². The number of nitrogens with one attached hydrogen (secondary N) is 1. The Bertz CT molecular complexity index is 529. The molecular weight excluding hydrogens is 312 g/mol. The predicted octanol–water partition coefficient (Wildman–Crippen LogP) is 3.70. The van der Waals surface area contributed by atoms with E-state index in [1.165, 1.54) is 24.3 Å². The number of carbonyl (C=O) groups is 2. The van der Waals surface area contributed by atoms with Gasteiger partial charge in [0.05, 0.1) is 20.8 Å². The Morgan fingerprint density at radius 1 is 1.21 bits per heavy atom. The van der Waals surface area contributed by atoms with E-state index in [0.29, 0.717) is 5.69 Å². The molecule has 0 bridgehead atoms. The van der Waals surface area contributed by atoms with Crippen LogP contribution in [-0.4, -0.2) is 18.5 Å². The number of halogens is 3. The number of ether oxygens (including phenoxy) is 1. The van der Waals surface area contributed by atoms with Crippen molar-refractivity contribution in [1.29, 1.82) is 0 Å². The van der Waals surface area contributed by atoms with E-state index in [4.69, 9.17) is 34.8 Å². The van der Waals surface area contributed by atoms with Crippen LogP contribution in [0.3, 0.4) is 0 Å². The van der Waals surface area contributed by atoms with Crippen LogP contribution < -0.4 is 5.32 Å². The molecule has 0 aliphatic carbocycles. The van der Waals surface area contributed by atoms with Crippen LogP contribution in [0.5, 0.6) is 0 Å². The summed E-state index contributed by atoms with van der Waals surface area (Å²) in [6.07, 6.45) is 2.72. The summed E-state index contributed by atoms with van der Waals surface area (Å²) in [6, 6.07) is 2.82. The van der Waals surface area contributed by atoms with Crippen LogP contribution in [0.25, 0.3) is 0 Å². The van der Waals surface area contributed by atoms with Crippen molar-refractivity contribution >= 4 is 52.4 Å². The van der Waals surface area contributed by atoms with Gasteiger partial charge in [0.25, 0.3) is 5.91 Å². The number of hydrogen-bond donors (Lipinski definition) is 1. The number of carbonyl (C=O) groups excluding carboxylic acids is 2. The van der Waals surface area contributed by atoms with Gasteiger partial charge in [0.2, 0.25) is 0 Å². The fourth-order valence-electron chi connectivity index (χ4n) is 1.13. The highest BCUT2D eigenvalue weighted by atomic mass is 35.5. The maximum absolute atomic E-state index is 11.5. The minimum Gasteiger partial charge on any atom is -0.452 e. The lowest BCUT2D eigenvalue weighted by molar-refractivity contribution is -0.142. The van der Waals surface area contributed by atoms with Gasteiger partial charge in [-0.15, -0.1) is 0 Å². The molecule has 0 aromatic heterocycles. The van der Waals surface area contributed by atoms with Crippen LogP contribution >= 0.6 is 34.8 Å². The van der Waals surface area contributed by atoms with Gasteiger partial charge in [-0.3, -0.25) is 4.79 Å². The number of benzene rings is 1. The van der Waals surface area contributed by atoms with Crippen LogP contribution in [-0.2, 0) is 14.3 Å². The molecule has 0 atom stereocenters. The Balaban J connectivity index is 2.62. The second kappa shape index (κ2) is 7.38. The largest absolute Gasteiger partial charge is 0.452 e. The fourth-order valence-corrected chi connectivity index (χ4v) is 1.72. The molecule has 1 aromatic rings. The lowest BCUT2D eigenvalue weighted by atomic mass is 10.3. The van der Waals surface area contributed by atoms with Gasteiger partial charge in [0.15, 0.2) is 6.61 Å². The Morgan fingerprint density at radius 3 is 2.47 bits per heavy atom. The molecule has 1 amide bonds. The second-order valence-electron chi connectivity index (χ2n) is 3.40. The summed E-state index contributed by atoms with van der Waals surface area (Å²) in [5.74, 6) is -1.13. The van der Waals surface area contributed by atoms with Crippen LogP contribution in [0.15, 0.2) is 24.3 Å². The zero-order valence-electron chi connectivity index (χ0n) is 9.88. The zero-order valence-corrected chi connectivity index (χ0v) is 12.1. The van der Waals surface area contributed by atoms with E-state index < -0.39 is 18.5 Å². The number of rotatable bonds is 4. The summed E-state index contributed by atoms with van der Waals surface area (Å²) in [4.78, 5) is 22.5. The van der Waals surface area contributed by atoms with Crippen molar-refractivity contribution in [2.45, 2.75) is 6.92 Å². The Hall–Kier alpha value is -1.23. The van der Waals surface area contributed by atoms with E-state index >= 15 is 0 Å². The molecule has 1 N–H and O–H groups in total. The van der Waals surface area contributed by atoms with Crippen LogP contribution in [0, 0.1) is 0 Å². The summed E-state index contributed by atoms with van der Waals surface area (Å²) in [5, 5.41) is 3.24. The quantitative estimate of drug-likeness (QED) is 0.522. The smallest absolute Gasteiger partial charge is 0.330 e. The molecule has 0 saturated heterocycles. The minimum atomic E-state index is -0.599. The lowest BCUT2D eigenvalue weighted by Crippen LogP contribution is -2.20. The summed E-state index contributed by atoms with van der Waals surface area (Å²) >= 11 is 17.4. The zero-order chi connectivity index (χ0) is 14.4. The molecule has 102 valence electrons. The Kier molecular flexibility index (Phi) is 6.15. The molecule has 19 heavy (non-hydrogen) atoms. The van der Waals surface area contributed by atoms with Crippen LogP contribution in [0.4, 0.5) is 5.69 Å². The first-order valence-corrected chi connectivity index (χ1v) is 6.31. The summed E-state index contributed by atoms with van der Waals surface area (Å²) in [6.45, 7) is 1.25. The summed E-state index contributed by atoms with van der Waals surface area (Å²) in [5.41, 5.74) is 0.295. The Morgan fingerprint density at radius 2 is 1.84 bits per heavy atom. The number of amides is 1. The van der Waals surface area contributed by atoms with Gasteiger partial charge in [0.1, 0.15) is 0 Å². The number of esters is 1. The van der Waals surface area contributed by atoms with Gasteiger partial charge in [-0.2, -0.15) is 0 Å². The lowest BCUT2D eigenvalue weighted by Gasteiger charge is -2.08. The highest BCUT2D eigenvalue weighted by Gasteiger charge is 2.10. The molecule has 4 nitrogen and oxygen atoms in total. The van der Waals surface area contributed by atoms with Crippen molar-refractivity contribution in [2.75, 3.05) is 11.9 Å². The van der Waals surface area contributed by atoms with Crippen molar-refractivity contribution in [2.24, 2.45) is 0 Å². The van der Waals surface area contributed by atoms with Crippen molar-refractivity contribution in [3.8, 4) is 0 Å². The first kappa shape index (κ1) is 15.8. The molecule has 0 unspecified atom stereocenters. The summed E-state index contributed by atoms with van der Waals surface area (Å²) < 4.78 is 4.67. The molecule has 7 heteroatoms. The minimum absolute atomic E-state index is 0.238. The third-order valence-corrected chi connectivity index (χ3v) is 2.97. The predicted molar refractivity (Wildman–Crippen MR) is 75.9 cm³/mol. The monoisotopic (exact) mass is 321 g/mol. The van der Waals surface area contributed by atoms with E-state index in [-0.39, 0.29) is 15.1 Å². The molecule has 0 aliphatic rings. The fraction of sp³-hybridized carbons (Fsp3) is 0.167. The van der Waals surface area contributed by atoms with Crippen molar-refractivity contribution in [3.63, 3.8) is 0 Å². The van der Waals surface area contributed by atoms with Gasteiger partial charge >= 0.3 is 5.97 Å². The molecule has 0 spiro atoms. The average Bonchev–Trinajstić information content (AvgIpc) is 2.34. The molecule has 0 aliphatic heterocycles. The van der Waals surface area contributed by atoms with Gasteiger partial charge in [-0.05, 0) is 19.1 Å². The number of hydrogen-bond acceptors (Lipinski definition) is 3. The maximum atomic E-state index is 11.5. The standard InChI is InChI=1S/C12H10Cl3NO3/c1-2-3-12(18)19-6-11(17)16-10-5-8(14)7(13)4-9(10)15/h2-5H,6H2,1H3,(H,16,17)/b3-2+. The van der Waals surface area contributed by atoms with E-state index in [1.54, 1.807) is 6.92 Å². The SMILES string of the molecule is C/C=C/C(=O)OCC(=O)Nc1cc(Cl)c(Cl)cc1Cl. The molecule has 0 saturated carbocycles. The van der Waals surface area contributed by atoms with E-state index in [1.807, 2.05) is 0 Å². The second-order valence-corrected chi connectivity index (χ2v) is 4.62. The van der Waals surface area contributed by atoms with Crippen molar-refractivity contribution < 1.29 is 14.3 Å². The van der Waals surface area contributed by atoms with Gasteiger partial charge < -0.3 is 10.1 Å². The number of anilines is 1. The highest BCUT2D eigenvalue weighted by Crippen LogP contribution is 2.32. The van der Waals surface area contributed by atoms with Crippen LogP contribution in [0.1, 0.15) is 6.92 Å². The van der Waals surface area contributed by atoms with E-state index in [0.717, 1.165) is 0 Å². The highest BCUT2D eigenvalue weighted by molar-refractivity contribution is 6.44. The van der Waals surface area contributed by atoms with Crippen molar-refractivity contribution in [1.82, 2.24) is 0 Å². The molecule has 1 aromatic carbocycles. The van der Waals surface area contributed by atoms with E-state index in [2.05, 4.69) is 10.1 Å². The topological polar surface area (TPSA) is 55.4 Å². The third kappa shape index (κ3) is 5.11. The summed E-state index contributed by atoms with van der Waals surface area (Å²) in [7, 11) is 0. The molecular formula is C12H10Cl3NO3. The van der Waals surface area contributed by atoms with Gasteiger partial charge in [0, 0.05) is 6.08 Å². The van der Waals surface area contributed by atoms with E-state index in [9.17, 15) is 9.59 Å². The molecule has 0 heterocycles. The maximum Gasteiger partial charge on any atom is 0.330 e. The average molecular weight is 323 g/mol. The molecule has 0 fully saturated rings. The third-order valence-electron chi connectivity index (χ3n) is 1.93.